The zero-order valence-electron chi connectivity index (χ0n) is 14.0. The maximum atomic E-state index is 12.4. The molecule has 0 amide bonds. The molecule has 0 aliphatic heterocycles. The van der Waals surface area contributed by atoms with Crippen LogP contribution in [0.5, 0.6) is 0 Å². The number of nitrogens with one attached hydrogen (secondary N) is 1. The van der Waals surface area contributed by atoms with Crippen molar-refractivity contribution in [1.29, 1.82) is 0 Å². The maximum absolute atomic E-state index is 12.4. The van der Waals surface area contributed by atoms with Crippen LogP contribution in [0, 0.1) is 6.92 Å². The summed E-state index contributed by atoms with van der Waals surface area (Å²) in [4.78, 5) is 25.8. The van der Waals surface area contributed by atoms with Crippen LogP contribution in [0.25, 0.3) is 16.2 Å². The van der Waals surface area contributed by atoms with Crippen molar-refractivity contribution < 1.29 is 0 Å². The second kappa shape index (κ2) is 6.25. The van der Waals surface area contributed by atoms with Crippen molar-refractivity contribution in [3.63, 3.8) is 0 Å². The van der Waals surface area contributed by atoms with Crippen molar-refractivity contribution in [3.8, 4) is 10.6 Å². The maximum Gasteiger partial charge on any atom is 0.272 e. The van der Waals surface area contributed by atoms with Crippen LogP contribution in [-0.4, -0.2) is 24.6 Å². The number of aryl methyl sites for hydroxylation is 2. The normalized spacial score (nSPS) is 11.3. The van der Waals surface area contributed by atoms with Gasteiger partial charge < -0.3 is 0 Å². The van der Waals surface area contributed by atoms with E-state index >= 15 is 0 Å². The van der Waals surface area contributed by atoms with Crippen LogP contribution in [0.3, 0.4) is 0 Å². The van der Waals surface area contributed by atoms with E-state index in [-0.39, 0.29) is 5.56 Å². The summed E-state index contributed by atoms with van der Waals surface area (Å²) < 4.78 is 1.51. The first-order valence-corrected chi connectivity index (χ1v) is 8.98. The highest BCUT2D eigenvalue weighted by Crippen LogP contribution is 2.23. The molecule has 0 fully saturated rings. The molecule has 126 valence electrons. The summed E-state index contributed by atoms with van der Waals surface area (Å²) in [5.74, 6) is 0. The highest BCUT2D eigenvalue weighted by molar-refractivity contribution is 7.13. The van der Waals surface area contributed by atoms with Gasteiger partial charge in [-0.2, -0.15) is 0 Å². The number of aromatic amines is 1. The lowest BCUT2D eigenvalue weighted by atomic mass is 10.2. The summed E-state index contributed by atoms with van der Waals surface area (Å²) in [5, 5.41) is 6.02. The number of pyridine rings is 1. The van der Waals surface area contributed by atoms with E-state index in [1.54, 1.807) is 29.8 Å². The van der Waals surface area contributed by atoms with Crippen molar-refractivity contribution in [3.05, 3.63) is 69.0 Å². The predicted molar refractivity (Wildman–Crippen MR) is 98.1 cm³/mol. The largest absolute Gasteiger partial charge is 0.294 e. The van der Waals surface area contributed by atoms with E-state index in [0.717, 1.165) is 39.6 Å². The standard InChI is InChI=1S/C18H17N5OS/c1-3-15-11(2)22-23-16(24)8-13(20-17(15)23)7-14-10-25-18(21-14)12-5-4-6-19-9-12/h4-6,8-10,22H,3,7H2,1-2H3. The Morgan fingerprint density at radius 3 is 2.92 bits per heavy atom. The van der Waals surface area contributed by atoms with Crippen molar-refractivity contribution >= 4 is 17.0 Å². The molecule has 4 heterocycles. The quantitative estimate of drug-likeness (QED) is 0.613. The molecule has 1 N–H and O–H groups in total. The Morgan fingerprint density at radius 2 is 2.16 bits per heavy atom. The molecule has 0 aliphatic rings. The summed E-state index contributed by atoms with van der Waals surface area (Å²) in [5.41, 5.74) is 5.32. The molecule has 0 radical (unpaired) electrons. The van der Waals surface area contributed by atoms with Crippen molar-refractivity contribution in [1.82, 2.24) is 24.6 Å². The van der Waals surface area contributed by atoms with Gasteiger partial charge in [0, 0.05) is 47.1 Å². The topological polar surface area (TPSA) is 75.9 Å². The molecule has 4 rings (SSSR count). The molecular weight excluding hydrogens is 334 g/mol. The van der Waals surface area contributed by atoms with E-state index < -0.39 is 0 Å². The summed E-state index contributed by atoms with van der Waals surface area (Å²) in [7, 11) is 0. The number of H-pyrrole nitrogens is 1. The molecule has 0 spiro atoms. The second-order valence-corrected chi connectivity index (χ2v) is 6.73. The molecule has 0 unspecified atom stereocenters. The fraction of sp³-hybridized carbons (Fsp3) is 0.222. The lowest BCUT2D eigenvalue weighted by Crippen LogP contribution is -2.16. The molecule has 4 aromatic rings. The zero-order chi connectivity index (χ0) is 17.4. The Hall–Kier alpha value is -2.80. The number of rotatable bonds is 4. The average Bonchev–Trinajstić information content (AvgIpc) is 3.20. The zero-order valence-corrected chi connectivity index (χ0v) is 14.8. The fourth-order valence-electron chi connectivity index (χ4n) is 2.95. The molecule has 0 atom stereocenters. The van der Waals surface area contributed by atoms with E-state index in [0.29, 0.717) is 12.1 Å². The number of thiazole rings is 1. The van der Waals surface area contributed by atoms with Crippen LogP contribution in [0.2, 0.25) is 0 Å². The van der Waals surface area contributed by atoms with Gasteiger partial charge in [-0.3, -0.25) is 14.9 Å². The average molecular weight is 351 g/mol. The van der Waals surface area contributed by atoms with Crippen LogP contribution in [-0.2, 0) is 12.8 Å². The van der Waals surface area contributed by atoms with Gasteiger partial charge in [-0.25, -0.2) is 14.5 Å². The number of hydrogen-bond donors (Lipinski definition) is 1. The van der Waals surface area contributed by atoms with Crippen molar-refractivity contribution in [2.45, 2.75) is 26.7 Å². The van der Waals surface area contributed by atoms with E-state index in [1.165, 1.54) is 4.52 Å². The molecule has 0 aliphatic carbocycles. The molecule has 6 nitrogen and oxygen atoms in total. The first-order valence-electron chi connectivity index (χ1n) is 8.10. The lowest BCUT2D eigenvalue weighted by Gasteiger charge is -2.00. The minimum absolute atomic E-state index is 0.0921. The van der Waals surface area contributed by atoms with Gasteiger partial charge in [0.25, 0.3) is 5.56 Å². The van der Waals surface area contributed by atoms with Gasteiger partial charge in [0.2, 0.25) is 0 Å². The van der Waals surface area contributed by atoms with Crippen LogP contribution in [0.4, 0.5) is 0 Å². The third kappa shape index (κ3) is 2.87. The van der Waals surface area contributed by atoms with Gasteiger partial charge in [0.05, 0.1) is 11.4 Å². The smallest absolute Gasteiger partial charge is 0.272 e. The second-order valence-electron chi connectivity index (χ2n) is 5.88. The van der Waals surface area contributed by atoms with Crippen LogP contribution in [0.15, 0.2) is 40.8 Å². The van der Waals surface area contributed by atoms with Crippen LogP contribution in [0.1, 0.15) is 29.6 Å². The number of nitrogens with zero attached hydrogens (tertiary/aromatic N) is 4. The lowest BCUT2D eigenvalue weighted by molar-refractivity contribution is 0.864. The van der Waals surface area contributed by atoms with Gasteiger partial charge in [-0.15, -0.1) is 11.3 Å². The minimum atomic E-state index is -0.0921. The van der Waals surface area contributed by atoms with Crippen LogP contribution >= 0.6 is 11.3 Å². The van der Waals surface area contributed by atoms with Gasteiger partial charge in [0.1, 0.15) is 5.01 Å². The molecule has 4 aromatic heterocycles. The van der Waals surface area contributed by atoms with Gasteiger partial charge in [-0.05, 0) is 25.5 Å². The summed E-state index contributed by atoms with van der Waals surface area (Å²) in [6.45, 7) is 4.03. The first-order chi connectivity index (χ1) is 12.2. The number of aromatic nitrogens is 5. The highest BCUT2D eigenvalue weighted by Gasteiger charge is 2.13. The molecule has 0 saturated carbocycles. The van der Waals surface area contributed by atoms with E-state index in [2.05, 4.69) is 27.0 Å². The Balaban J connectivity index is 1.69. The number of fused-ring (bicyclic) bond motifs is 1. The molecule has 25 heavy (non-hydrogen) atoms. The number of hydrogen-bond acceptors (Lipinski definition) is 5. The van der Waals surface area contributed by atoms with E-state index in [9.17, 15) is 4.79 Å². The Labute approximate surface area is 148 Å². The third-order valence-electron chi connectivity index (χ3n) is 4.15. The fourth-order valence-corrected chi connectivity index (χ4v) is 3.76. The Morgan fingerprint density at radius 1 is 1.28 bits per heavy atom. The highest BCUT2D eigenvalue weighted by atomic mass is 32.1. The predicted octanol–water partition coefficient (Wildman–Crippen LogP) is 3.00. The monoisotopic (exact) mass is 351 g/mol. The van der Waals surface area contributed by atoms with E-state index in [4.69, 9.17) is 0 Å². The summed E-state index contributed by atoms with van der Waals surface area (Å²) in [6.07, 6.45) is 4.91. The summed E-state index contributed by atoms with van der Waals surface area (Å²) in [6, 6.07) is 5.46. The van der Waals surface area contributed by atoms with Crippen LogP contribution < -0.4 is 5.56 Å². The third-order valence-corrected chi connectivity index (χ3v) is 5.09. The molecular formula is C18H17N5OS. The van der Waals surface area contributed by atoms with Gasteiger partial charge in [0.15, 0.2) is 5.65 Å². The van der Waals surface area contributed by atoms with Crippen molar-refractivity contribution in [2.75, 3.05) is 0 Å². The van der Waals surface area contributed by atoms with Gasteiger partial charge >= 0.3 is 0 Å². The van der Waals surface area contributed by atoms with Crippen molar-refractivity contribution in [2.24, 2.45) is 0 Å². The SMILES string of the molecule is CCc1c(C)[nH]n2c(=O)cc(Cc3csc(-c4cccnc4)n3)nc12. The molecule has 7 heteroatoms. The Bertz CT molecular complexity index is 1090. The molecule has 0 aromatic carbocycles. The summed E-state index contributed by atoms with van der Waals surface area (Å²) >= 11 is 1.57. The Kier molecular flexibility index (Phi) is 3.93. The minimum Gasteiger partial charge on any atom is -0.294 e. The first kappa shape index (κ1) is 15.7. The molecule has 0 saturated heterocycles. The van der Waals surface area contributed by atoms with E-state index in [1.807, 2.05) is 24.4 Å². The van der Waals surface area contributed by atoms with Gasteiger partial charge in [-0.1, -0.05) is 6.92 Å². The molecule has 0 bridgehead atoms.